The molecule has 3 heteroatoms. The number of carbonyl (C=O) groups excluding carboxylic acids is 1. The third-order valence-electron chi connectivity index (χ3n) is 2.44. The van der Waals surface area contributed by atoms with Crippen molar-refractivity contribution in [3.63, 3.8) is 0 Å². The SMILES string of the molecule is C=CC(=O)N1C[C@@H](C)C[C@H]1COC. The van der Waals surface area contributed by atoms with Gasteiger partial charge in [-0.1, -0.05) is 13.5 Å². The van der Waals surface area contributed by atoms with E-state index in [2.05, 4.69) is 13.5 Å². The Balaban J connectivity index is 2.59. The molecule has 0 spiro atoms. The van der Waals surface area contributed by atoms with Crippen LogP contribution in [0.1, 0.15) is 13.3 Å². The Bertz CT molecular complexity index is 203. The molecule has 1 saturated heterocycles. The number of ether oxygens (including phenoxy) is 1. The molecule has 1 heterocycles. The lowest BCUT2D eigenvalue weighted by Gasteiger charge is -2.22. The molecule has 0 unspecified atom stereocenters. The number of carbonyl (C=O) groups is 1. The highest BCUT2D eigenvalue weighted by Gasteiger charge is 2.31. The molecule has 1 aliphatic rings. The Morgan fingerprint density at radius 2 is 2.46 bits per heavy atom. The number of hydrogen-bond acceptors (Lipinski definition) is 2. The zero-order chi connectivity index (χ0) is 9.84. The third-order valence-corrected chi connectivity index (χ3v) is 2.44. The molecule has 3 nitrogen and oxygen atoms in total. The van der Waals surface area contributed by atoms with Crippen LogP contribution in [-0.4, -0.2) is 37.1 Å². The predicted molar refractivity (Wildman–Crippen MR) is 51.4 cm³/mol. The molecule has 0 N–H and O–H groups in total. The standard InChI is InChI=1S/C10H17NO2/c1-4-10(12)11-6-8(2)5-9(11)7-13-3/h4,8-9H,1,5-7H2,2-3H3/t8-,9-/m0/s1. The summed E-state index contributed by atoms with van der Waals surface area (Å²) in [4.78, 5) is 13.2. The summed E-state index contributed by atoms with van der Waals surface area (Å²) >= 11 is 0. The molecule has 0 radical (unpaired) electrons. The van der Waals surface area contributed by atoms with Gasteiger partial charge >= 0.3 is 0 Å². The van der Waals surface area contributed by atoms with Crippen molar-refractivity contribution in [3.8, 4) is 0 Å². The van der Waals surface area contributed by atoms with Gasteiger partial charge in [-0.2, -0.15) is 0 Å². The van der Waals surface area contributed by atoms with Gasteiger partial charge in [-0.25, -0.2) is 0 Å². The smallest absolute Gasteiger partial charge is 0.246 e. The van der Waals surface area contributed by atoms with Crippen LogP contribution in [-0.2, 0) is 9.53 Å². The highest BCUT2D eigenvalue weighted by Crippen LogP contribution is 2.22. The van der Waals surface area contributed by atoms with Crippen LogP contribution in [0.15, 0.2) is 12.7 Å². The van der Waals surface area contributed by atoms with Crippen molar-refractivity contribution in [2.75, 3.05) is 20.3 Å². The number of methoxy groups -OCH3 is 1. The van der Waals surface area contributed by atoms with Crippen LogP contribution in [0.4, 0.5) is 0 Å². The Labute approximate surface area is 79.4 Å². The van der Waals surface area contributed by atoms with Gasteiger partial charge in [0.2, 0.25) is 5.91 Å². The molecular formula is C10H17NO2. The van der Waals surface area contributed by atoms with Crippen molar-refractivity contribution in [2.24, 2.45) is 5.92 Å². The number of nitrogens with zero attached hydrogens (tertiary/aromatic N) is 1. The average molecular weight is 183 g/mol. The van der Waals surface area contributed by atoms with E-state index in [1.165, 1.54) is 6.08 Å². The maximum atomic E-state index is 11.4. The molecule has 1 fully saturated rings. The fraction of sp³-hybridized carbons (Fsp3) is 0.700. The molecule has 0 bridgehead atoms. The minimum atomic E-state index is 0.0198. The van der Waals surface area contributed by atoms with E-state index in [0.717, 1.165) is 13.0 Å². The lowest BCUT2D eigenvalue weighted by molar-refractivity contribution is -0.127. The van der Waals surface area contributed by atoms with E-state index in [4.69, 9.17) is 4.74 Å². The molecule has 1 amide bonds. The third kappa shape index (κ3) is 2.31. The molecule has 2 atom stereocenters. The normalized spacial score (nSPS) is 27.7. The first-order valence-electron chi connectivity index (χ1n) is 4.61. The molecule has 74 valence electrons. The summed E-state index contributed by atoms with van der Waals surface area (Å²) in [6.07, 6.45) is 2.41. The highest BCUT2D eigenvalue weighted by molar-refractivity contribution is 5.87. The first-order chi connectivity index (χ1) is 6.19. The second-order valence-electron chi connectivity index (χ2n) is 3.64. The van der Waals surface area contributed by atoms with Crippen LogP contribution >= 0.6 is 0 Å². The van der Waals surface area contributed by atoms with E-state index in [1.54, 1.807) is 7.11 Å². The molecule has 1 rings (SSSR count). The van der Waals surface area contributed by atoms with Crippen molar-refractivity contribution in [2.45, 2.75) is 19.4 Å². The van der Waals surface area contributed by atoms with Gasteiger partial charge in [0.05, 0.1) is 12.6 Å². The first-order valence-corrected chi connectivity index (χ1v) is 4.61. The van der Waals surface area contributed by atoms with Crippen LogP contribution in [0.2, 0.25) is 0 Å². The molecule has 0 aliphatic carbocycles. The van der Waals surface area contributed by atoms with Gasteiger partial charge in [-0.15, -0.1) is 0 Å². The quantitative estimate of drug-likeness (QED) is 0.612. The van der Waals surface area contributed by atoms with E-state index in [1.807, 2.05) is 4.90 Å². The second kappa shape index (κ2) is 4.42. The molecule has 0 saturated carbocycles. The van der Waals surface area contributed by atoms with Crippen molar-refractivity contribution < 1.29 is 9.53 Å². The Morgan fingerprint density at radius 1 is 1.77 bits per heavy atom. The van der Waals surface area contributed by atoms with Crippen LogP contribution in [0.25, 0.3) is 0 Å². The summed E-state index contributed by atoms with van der Waals surface area (Å²) in [6, 6.07) is 0.241. The van der Waals surface area contributed by atoms with E-state index >= 15 is 0 Å². The molecule has 0 aromatic rings. The van der Waals surface area contributed by atoms with Crippen molar-refractivity contribution in [1.82, 2.24) is 4.90 Å². The molecule has 1 aliphatic heterocycles. The van der Waals surface area contributed by atoms with Gasteiger partial charge in [-0.05, 0) is 18.4 Å². The van der Waals surface area contributed by atoms with Crippen LogP contribution in [0.5, 0.6) is 0 Å². The maximum absolute atomic E-state index is 11.4. The van der Waals surface area contributed by atoms with Gasteiger partial charge in [0, 0.05) is 13.7 Å². The number of rotatable bonds is 3. The van der Waals surface area contributed by atoms with Gasteiger partial charge in [0.15, 0.2) is 0 Å². The van der Waals surface area contributed by atoms with Crippen molar-refractivity contribution in [3.05, 3.63) is 12.7 Å². The summed E-state index contributed by atoms with van der Waals surface area (Å²) in [5.74, 6) is 0.593. The zero-order valence-corrected chi connectivity index (χ0v) is 8.32. The summed E-state index contributed by atoms with van der Waals surface area (Å²) in [5, 5.41) is 0. The summed E-state index contributed by atoms with van der Waals surface area (Å²) < 4.78 is 5.07. The lowest BCUT2D eigenvalue weighted by atomic mass is 10.1. The molecule has 0 aromatic heterocycles. The predicted octanol–water partition coefficient (Wildman–Crippen LogP) is 1.06. The van der Waals surface area contributed by atoms with E-state index in [0.29, 0.717) is 12.5 Å². The first kappa shape index (κ1) is 10.3. The van der Waals surface area contributed by atoms with Gasteiger partial charge < -0.3 is 9.64 Å². The van der Waals surface area contributed by atoms with E-state index in [9.17, 15) is 4.79 Å². The fourth-order valence-corrected chi connectivity index (χ4v) is 1.89. The number of hydrogen-bond donors (Lipinski definition) is 0. The van der Waals surface area contributed by atoms with Gasteiger partial charge in [0.1, 0.15) is 0 Å². The number of amides is 1. The van der Waals surface area contributed by atoms with Crippen LogP contribution < -0.4 is 0 Å². The van der Waals surface area contributed by atoms with Crippen molar-refractivity contribution in [1.29, 1.82) is 0 Å². The van der Waals surface area contributed by atoms with E-state index in [-0.39, 0.29) is 11.9 Å². The summed E-state index contributed by atoms with van der Waals surface area (Å²) in [6.45, 7) is 7.11. The van der Waals surface area contributed by atoms with Gasteiger partial charge in [0.25, 0.3) is 0 Å². The molecular weight excluding hydrogens is 166 g/mol. The number of likely N-dealkylation sites (tertiary alicyclic amines) is 1. The Morgan fingerprint density at radius 3 is 3.00 bits per heavy atom. The van der Waals surface area contributed by atoms with Crippen LogP contribution in [0, 0.1) is 5.92 Å². The average Bonchev–Trinajstić information content (AvgIpc) is 2.46. The highest BCUT2D eigenvalue weighted by atomic mass is 16.5. The zero-order valence-electron chi connectivity index (χ0n) is 8.32. The minimum absolute atomic E-state index is 0.0198. The minimum Gasteiger partial charge on any atom is -0.383 e. The van der Waals surface area contributed by atoms with Crippen LogP contribution in [0.3, 0.4) is 0 Å². The summed E-state index contributed by atoms with van der Waals surface area (Å²) in [5.41, 5.74) is 0. The van der Waals surface area contributed by atoms with E-state index < -0.39 is 0 Å². The van der Waals surface area contributed by atoms with Gasteiger partial charge in [-0.3, -0.25) is 4.79 Å². The monoisotopic (exact) mass is 183 g/mol. The Hall–Kier alpha value is -0.830. The molecule has 0 aromatic carbocycles. The lowest BCUT2D eigenvalue weighted by Crippen LogP contribution is -2.37. The van der Waals surface area contributed by atoms with Crippen molar-refractivity contribution >= 4 is 5.91 Å². The topological polar surface area (TPSA) is 29.5 Å². The second-order valence-corrected chi connectivity index (χ2v) is 3.64. The largest absolute Gasteiger partial charge is 0.383 e. The Kier molecular flexibility index (Phi) is 3.48. The summed E-state index contributed by atoms with van der Waals surface area (Å²) in [7, 11) is 1.67. The fourth-order valence-electron chi connectivity index (χ4n) is 1.89. The molecule has 13 heavy (non-hydrogen) atoms. The maximum Gasteiger partial charge on any atom is 0.246 e.